The highest BCUT2D eigenvalue weighted by molar-refractivity contribution is 5.59. The quantitative estimate of drug-likeness (QED) is 0.801. The summed E-state index contributed by atoms with van der Waals surface area (Å²) in [5, 5.41) is 0. The van der Waals surface area contributed by atoms with E-state index < -0.39 is 0 Å². The lowest BCUT2D eigenvalue weighted by atomic mass is 10.1. The van der Waals surface area contributed by atoms with Crippen LogP contribution >= 0.6 is 0 Å². The van der Waals surface area contributed by atoms with E-state index in [-0.39, 0.29) is 12.6 Å². The molecule has 0 aliphatic carbocycles. The Bertz CT molecular complexity index is 548. The van der Waals surface area contributed by atoms with E-state index >= 15 is 0 Å². The van der Waals surface area contributed by atoms with E-state index in [0.717, 1.165) is 22.6 Å². The number of hydrogen-bond acceptors (Lipinski definition) is 3. The Morgan fingerprint density at radius 3 is 2.28 bits per heavy atom. The highest BCUT2D eigenvalue weighted by Crippen LogP contribution is 2.37. The van der Waals surface area contributed by atoms with Gasteiger partial charge in [-0.05, 0) is 26.8 Å². The van der Waals surface area contributed by atoms with Gasteiger partial charge in [0.1, 0.15) is 11.5 Å². The Morgan fingerprint density at radius 2 is 1.67 bits per heavy atom. The third kappa shape index (κ3) is 1.96. The average Bonchev–Trinajstić information content (AvgIpc) is 2.68. The first-order valence-electron chi connectivity index (χ1n) is 6.12. The number of benzene rings is 1. The molecule has 0 unspecified atom stereocenters. The lowest BCUT2D eigenvalue weighted by Gasteiger charge is -2.33. The fourth-order valence-corrected chi connectivity index (χ4v) is 2.10. The summed E-state index contributed by atoms with van der Waals surface area (Å²) >= 11 is 0. The normalized spacial score (nSPS) is 22.8. The first kappa shape index (κ1) is 11.5. The molecular weight excluding hydrogens is 228 g/mol. The van der Waals surface area contributed by atoms with Crippen LogP contribution in [0.3, 0.4) is 0 Å². The number of hydrogen-bond donors (Lipinski definition) is 0. The van der Waals surface area contributed by atoms with Gasteiger partial charge in [-0.2, -0.15) is 0 Å². The van der Waals surface area contributed by atoms with Crippen LogP contribution < -0.4 is 0 Å². The Hall–Kier alpha value is -1.58. The summed E-state index contributed by atoms with van der Waals surface area (Å²) in [6, 6.07) is 10.3. The van der Waals surface area contributed by atoms with Crippen LogP contribution in [0.1, 0.15) is 30.1 Å². The van der Waals surface area contributed by atoms with Crippen LogP contribution in [0, 0.1) is 13.8 Å². The van der Waals surface area contributed by atoms with Gasteiger partial charge in [-0.25, -0.2) is 0 Å². The molecule has 0 amide bonds. The maximum Gasteiger partial charge on any atom is 0.193 e. The number of ether oxygens (including phenoxy) is 2. The smallest absolute Gasteiger partial charge is 0.193 e. The van der Waals surface area contributed by atoms with Gasteiger partial charge in [0.15, 0.2) is 12.6 Å². The SMILES string of the molecule is Cc1ccc(-c2cc(C3OC(C)O3)c(C)o2)cc1. The van der Waals surface area contributed by atoms with Crippen LogP contribution in [0.5, 0.6) is 0 Å². The molecule has 0 bridgehead atoms. The zero-order valence-corrected chi connectivity index (χ0v) is 10.8. The maximum atomic E-state index is 5.77. The van der Waals surface area contributed by atoms with Crippen molar-refractivity contribution >= 4 is 0 Å². The largest absolute Gasteiger partial charge is 0.461 e. The van der Waals surface area contributed by atoms with Crippen molar-refractivity contribution in [3.8, 4) is 11.3 Å². The minimum Gasteiger partial charge on any atom is -0.461 e. The molecule has 94 valence electrons. The fourth-order valence-electron chi connectivity index (χ4n) is 2.10. The predicted molar refractivity (Wildman–Crippen MR) is 68.0 cm³/mol. The average molecular weight is 244 g/mol. The summed E-state index contributed by atoms with van der Waals surface area (Å²) in [4.78, 5) is 0. The topological polar surface area (TPSA) is 31.6 Å². The van der Waals surface area contributed by atoms with E-state index in [2.05, 4.69) is 31.2 Å². The van der Waals surface area contributed by atoms with Crippen LogP contribution in [0.15, 0.2) is 34.7 Å². The Labute approximate surface area is 106 Å². The molecule has 3 nitrogen and oxygen atoms in total. The van der Waals surface area contributed by atoms with Gasteiger partial charge in [-0.1, -0.05) is 29.8 Å². The molecule has 2 heterocycles. The molecule has 3 rings (SSSR count). The third-order valence-electron chi connectivity index (χ3n) is 3.18. The van der Waals surface area contributed by atoms with Crippen LogP contribution in [-0.4, -0.2) is 6.29 Å². The molecular formula is C15H16O3. The standard InChI is InChI=1S/C15H16O3/c1-9-4-6-12(7-5-9)14-8-13(10(2)16-14)15-17-11(3)18-15/h4-8,11,15H,1-3H3. The van der Waals surface area contributed by atoms with Gasteiger partial charge in [0.05, 0.1) is 0 Å². The molecule has 0 N–H and O–H groups in total. The van der Waals surface area contributed by atoms with Crippen molar-refractivity contribution in [3.63, 3.8) is 0 Å². The molecule has 3 heteroatoms. The van der Waals surface area contributed by atoms with Crippen LogP contribution in [0.2, 0.25) is 0 Å². The Kier molecular flexibility index (Phi) is 2.73. The van der Waals surface area contributed by atoms with Crippen molar-refractivity contribution in [1.29, 1.82) is 0 Å². The maximum absolute atomic E-state index is 5.77. The first-order valence-corrected chi connectivity index (χ1v) is 6.12. The minimum atomic E-state index is -0.275. The predicted octanol–water partition coefficient (Wildman–Crippen LogP) is 3.95. The summed E-state index contributed by atoms with van der Waals surface area (Å²) in [6.07, 6.45) is -0.393. The van der Waals surface area contributed by atoms with Gasteiger partial charge in [0.25, 0.3) is 0 Å². The third-order valence-corrected chi connectivity index (χ3v) is 3.18. The monoisotopic (exact) mass is 244 g/mol. The van der Waals surface area contributed by atoms with Crippen molar-refractivity contribution in [2.75, 3.05) is 0 Å². The second-order valence-electron chi connectivity index (χ2n) is 4.66. The lowest BCUT2D eigenvalue weighted by Crippen LogP contribution is -2.31. The molecule has 1 saturated heterocycles. The lowest BCUT2D eigenvalue weighted by molar-refractivity contribution is -0.382. The van der Waals surface area contributed by atoms with E-state index in [0.29, 0.717) is 0 Å². The van der Waals surface area contributed by atoms with Gasteiger partial charge in [-0.3, -0.25) is 0 Å². The number of rotatable bonds is 2. The van der Waals surface area contributed by atoms with Crippen LogP contribution in [0.4, 0.5) is 0 Å². The summed E-state index contributed by atoms with van der Waals surface area (Å²) in [5.74, 6) is 1.71. The molecule has 1 fully saturated rings. The summed E-state index contributed by atoms with van der Waals surface area (Å²) in [5.41, 5.74) is 3.28. The molecule has 2 aromatic rings. The molecule has 0 spiro atoms. The number of aryl methyl sites for hydroxylation is 2. The first-order chi connectivity index (χ1) is 8.63. The van der Waals surface area contributed by atoms with E-state index in [1.54, 1.807) is 0 Å². The Balaban J connectivity index is 1.90. The zero-order valence-electron chi connectivity index (χ0n) is 10.8. The van der Waals surface area contributed by atoms with E-state index in [1.165, 1.54) is 5.56 Å². The van der Waals surface area contributed by atoms with Crippen molar-refractivity contribution in [2.45, 2.75) is 33.4 Å². The molecule has 18 heavy (non-hydrogen) atoms. The van der Waals surface area contributed by atoms with E-state index in [4.69, 9.17) is 13.9 Å². The second kappa shape index (κ2) is 4.26. The van der Waals surface area contributed by atoms with E-state index in [9.17, 15) is 0 Å². The van der Waals surface area contributed by atoms with Crippen molar-refractivity contribution < 1.29 is 13.9 Å². The van der Waals surface area contributed by atoms with Crippen molar-refractivity contribution in [2.24, 2.45) is 0 Å². The summed E-state index contributed by atoms with van der Waals surface area (Å²) in [6.45, 7) is 5.88. The van der Waals surface area contributed by atoms with Crippen molar-refractivity contribution in [1.82, 2.24) is 0 Å². The Morgan fingerprint density at radius 1 is 1.00 bits per heavy atom. The van der Waals surface area contributed by atoms with Crippen LogP contribution in [-0.2, 0) is 9.47 Å². The molecule has 0 saturated carbocycles. The second-order valence-corrected chi connectivity index (χ2v) is 4.66. The van der Waals surface area contributed by atoms with Gasteiger partial charge >= 0.3 is 0 Å². The molecule has 0 atom stereocenters. The van der Waals surface area contributed by atoms with Crippen molar-refractivity contribution in [3.05, 3.63) is 47.2 Å². The minimum absolute atomic E-state index is 0.118. The molecule has 1 aromatic carbocycles. The molecule has 0 radical (unpaired) electrons. The van der Waals surface area contributed by atoms with Gasteiger partial charge < -0.3 is 13.9 Å². The zero-order chi connectivity index (χ0) is 12.7. The molecule has 1 aliphatic heterocycles. The van der Waals surface area contributed by atoms with Crippen LogP contribution in [0.25, 0.3) is 11.3 Å². The highest BCUT2D eigenvalue weighted by Gasteiger charge is 2.31. The molecule has 1 aromatic heterocycles. The molecule has 1 aliphatic rings. The summed E-state index contributed by atoms with van der Waals surface area (Å²) in [7, 11) is 0. The fraction of sp³-hybridized carbons (Fsp3) is 0.333. The van der Waals surface area contributed by atoms with E-state index in [1.807, 2.05) is 19.9 Å². The highest BCUT2D eigenvalue weighted by atomic mass is 16.9. The summed E-state index contributed by atoms with van der Waals surface area (Å²) < 4.78 is 16.8. The van der Waals surface area contributed by atoms with Gasteiger partial charge in [0.2, 0.25) is 0 Å². The van der Waals surface area contributed by atoms with Gasteiger partial charge in [-0.15, -0.1) is 0 Å². The van der Waals surface area contributed by atoms with Gasteiger partial charge in [0, 0.05) is 11.1 Å². The number of furan rings is 1.